The normalized spacial score (nSPS) is 12.1. The Morgan fingerprint density at radius 2 is 1.19 bits per heavy atom. The molecule has 0 aliphatic carbocycles. The third-order valence-electron chi connectivity index (χ3n) is 9.42. The van der Waals surface area contributed by atoms with Gasteiger partial charge in [0.2, 0.25) is 0 Å². The molecule has 9 rings (SSSR count). The number of thiophene rings is 1. The fourth-order valence-corrected chi connectivity index (χ4v) is 8.59. The third-order valence-corrected chi connectivity index (χ3v) is 10.6. The molecule has 2 nitrogen and oxygen atoms in total. The van der Waals surface area contributed by atoms with Gasteiger partial charge in [-0.3, -0.25) is 0 Å². The van der Waals surface area contributed by atoms with E-state index in [0.717, 1.165) is 11.4 Å². The van der Waals surface area contributed by atoms with Gasteiger partial charge in [0.1, 0.15) is 0 Å². The van der Waals surface area contributed by atoms with E-state index in [4.69, 9.17) is 0 Å². The topological polar surface area (TPSA) is 8.17 Å². The van der Waals surface area contributed by atoms with Crippen molar-refractivity contribution in [1.29, 1.82) is 0 Å². The SMILES string of the molecule is CC(C)(C)n1c2ccccc2c2ccc(N(c3ccc4cccc(-c5ccccc5)c4c3)c3cccc4sc5ccccc5c34)cc21. The van der Waals surface area contributed by atoms with E-state index in [1.165, 1.54) is 69.6 Å². The largest absolute Gasteiger partial charge is 0.335 e. The van der Waals surface area contributed by atoms with Crippen LogP contribution < -0.4 is 4.90 Å². The van der Waals surface area contributed by atoms with Crippen LogP contribution in [0.1, 0.15) is 20.8 Å². The fourth-order valence-electron chi connectivity index (χ4n) is 7.46. The van der Waals surface area contributed by atoms with E-state index in [1.54, 1.807) is 0 Å². The van der Waals surface area contributed by atoms with Gasteiger partial charge in [-0.15, -0.1) is 11.3 Å². The Morgan fingerprint density at radius 3 is 2.04 bits per heavy atom. The minimum absolute atomic E-state index is 0.0953. The number of benzene rings is 7. The Kier molecular flexibility index (Phi) is 6.28. The smallest absolute Gasteiger partial charge is 0.0554 e. The summed E-state index contributed by atoms with van der Waals surface area (Å²) in [5, 5.41) is 7.64. The van der Waals surface area contributed by atoms with Crippen molar-refractivity contribution in [3.05, 3.63) is 152 Å². The van der Waals surface area contributed by atoms with Crippen LogP contribution in [0, 0.1) is 0 Å². The Bertz CT molecular complexity index is 2620. The van der Waals surface area contributed by atoms with E-state index in [-0.39, 0.29) is 5.54 Å². The molecule has 7 aromatic carbocycles. The van der Waals surface area contributed by atoms with E-state index in [0.29, 0.717) is 0 Å². The highest BCUT2D eigenvalue weighted by Crippen LogP contribution is 2.47. The molecule has 3 heteroatoms. The van der Waals surface area contributed by atoms with Crippen LogP contribution in [0.3, 0.4) is 0 Å². The van der Waals surface area contributed by atoms with Gasteiger partial charge < -0.3 is 9.47 Å². The molecular formula is C44H34N2S. The second-order valence-corrected chi connectivity index (χ2v) is 14.5. The van der Waals surface area contributed by atoms with E-state index in [9.17, 15) is 0 Å². The molecule has 0 N–H and O–H groups in total. The molecule has 0 atom stereocenters. The van der Waals surface area contributed by atoms with Gasteiger partial charge in [0.15, 0.2) is 0 Å². The van der Waals surface area contributed by atoms with Crippen molar-refractivity contribution in [3.8, 4) is 11.1 Å². The third kappa shape index (κ3) is 4.45. The zero-order valence-electron chi connectivity index (χ0n) is 26.7. The van der Waals surface area contributed by atoms with Crippen molar-refractivity contribution in [2.75, 3.05) is 4.90 Å². The maximum atomic E-state index is 2.51. The minimum Gasteiger partial charge on any atom is -0.335 e. The van der Waals surface area contributed by atoms with Crippen LogP contribution in [0.5, 0.6) is 0 Å². The highest BCUT2D eigenvalue weighted by molar-refractivity contribution is 7.26. The number of hydrogen-bond acceptors (Lipinski definition) is 2. The second kappa shape index (κ2) is 10.6. The number of nitrogens with zero attached hydrogens (tertiary/aromatic N) is 2. The van der Waals surface area contributed by atoms with Gasteiger partial charge in [-0.25, -0.2) is 0 Å². The first-order valence-electron chi connectivity index (χ1n) is 16.3. The zero-order chi connectivity index (χ0) is 31.7. The van der Waals surface area contributed by atoms with Crippen LogP contribution in [0.4, 0.5) is 17.1 Å². The summed E-state index contributed by atoms with van der Waals surface area (Å²) < 4.78 is 5.11. The van der Waals surface area contributed by atoms with Crippen molar-refractivity contribution in [2.24, 2.45) is 0 Å². The molecule has 47 heavy (non-hydrogen) atoms. The van der Waals surface area contributed by atoms with Crippen LogP contribution in [-0.4, -0.2) is 4.57 Å². The summed E-state index contributed by atoms with van der Waals surface area (Å²) >= 11 is 1.87. The average Bonchev–Trinajstić information content (AvgIpc) is 3.65. The standard InChI is InChI=1S/C44H34N2S/c1-44(2,3)46-38-19-9-7-16-34(38)35-26-25-32(28-40(35)46)45(39-20-12-22-42-43(39)36-17-8-10-21-41(36)47-42)31-24-23-30-15-11-18-33(37(30)27-31)29-13-5-4-6-14-29/h4-28H,1-3H3. The molecular weight excluding hydrogens is 589 g/mol. The molecule has 226 valence electrons. The molecule has 0 amide bonds. The number of aromatic nitrogens is 1. The summed E-state index contributed by atoms with van der Waals surface area (Å²) in [6, 6.07) is 55.7. The van der Waals surface area contributed by atoms with Gasteiger partial charge >= 0.3 is 0 Å². The predicted molar refractivity (Wildman–Crippen MR) is 205 cm³/mol. The summed E-state index contributed by atoms with van der Waals surface area (Å²) in [7, 11) is 0. The Labute approximate surface area is 278 Å². The summed E-state index contributed by atoms with van der Waals surface area (Å²) in [5.74, 6) is 0. The Hall–Kier alpha value is -5.38. The Morgan fingerprint density at radius 1 is 0.511 bits per heavy atom. The van der Waals surface area contributed by atoms with E-state index < -0.39 is 0 Å². The molecule has 0 fully saturated rings. The number of para-hydroxylation sites is 1. The fraction of sp³-hybridized carbons (Fsp3) is 0.0909. The molecule has 0 spiro atoms. The highest BCUT2D eigenvalue weighted by Gasteiger charge is 2.24. The summed E-state index contributed by atoms with van der Waals surface area (Å²) in [6.45, 7) is 6.90. The molecule has 9 aromatic rings. The highest BCUT2D eigenvalue weighted by atomic mass is 32.1. The summed E-state index contributed by atoms with van der Waals surface area (Å²) in [5.41, 5.74) is 8.36. The first-order valence-corrected chi connectivity index (χ1v) is 17.1. The van der Waals surface area contributed by atoms with Crippen LogP contribution >= 0.6 is 11.3 Å². The maximum absolute atomic E-state index is 2.51. The lowest BCUT2D eigenvalue weighted by atomic mass is 9.97. The predicted octanol–water partition coefficient (Wildman–Crippen LogP) is 13.2. The molecule has 0 aliphatic rings. The molecule has 0 bridgehead atoms. The van der Waals surface area contributed by atoms with Crippen LogP contribution in [0.25, 0.3) is 63.9 Å². The van der Waals surface area contributed by atoms with Gasteiger partial charge in [-0.05, 0) is 91.2 Å². The monoisotopic (exact) mass is 622 g/mol. The van der Waals surface area contributed by atoms with Gasteiger partial charge in [0.25, 0.3) is 0 Å². The van der Waals surface area contributed by atoms with Crippen molar-refractivity contribution < 1.29 is 0 Å². The quantitative estimate of drug-likeness (QED) is 0.190. The average molecular weight is 623 g/mol. The summed E-state index contributed by atoms with van der Waals surface area (Å²) in [6.07, 6.45) is 0. The van der Waals surface area contributed by atoms with Crippen molar-refractivity contribution in [1.82, 2.24) is 4.57 Å². The first kappa shape index (κ1) is 27.9. The molecule has 0 radical (unpaired) electrons. The van der Waals surface area contributed by atoms with Gasteiger partial charge in [-0.1, -0.05) is 103 Å². The number of fused-ring (bicyclic) bond motifs is 7. The lowest BCUT2D eigenvalue weighted by molar-refractivity contribution is 0.423. The number of hydrogen-bond donors (Lipinski definition) is 0. The van der Waals surface area contributed by atoms with Crippen LogP contribution in [0.2, 0.25) is 0 Å². The molecule has 0 saturated carbocycles. The zero-order valence-corrected chi connectivity index (χ0v) is 27.6. The van der Waals surface area contributed by atoms with Gasteiger partial charge in [0.05, 0.1) is 11.2 Å². The van der Waals surface area contributed by atoms with E-state index >= 15 is 0 Å². The van der Waals surface area contributed by atoms with Gasteiger partial charge in [0, 0.05) is 53.4 Å². The molecule has 2 heterocycles. The minimum atomic E-state index is -0.0953. The lowest BCUT2D eigenvalue weighted by Gasteiger charge is -2.28. The molecule has 2 aromatic heterocycles. The molecule has 0 saturated heterocycles. The van der Waals surface area contributed by atoms with Crippen molar-refractivity contribution in [2.45, 2.75) is 26.3 Å². The Balaban J connectivity index is 1.37. The maximum Gasteiger partial charge on any atom is 0.0554 e. The van der Waals surface area contributed by atoms with Gasteiger partial charge in [-0.2, -0.15) is 0 Å². The lowest BCUT2D eigenvalue weighted by Crippen LogP contribution is -2.21. The second-order valence-electron chi connectivity index (χ2n) is 13.4. The van der Waals surface area contributed by atoms with E-state index in [1.807, 2.05) is 11.3 Å². The van der Waals surface area contributed by atoms with Crippen molar-refractivity contribution >= 4 is 81.1 Å². The van der Waals surface area contributed by atoms with E-state index in [2.05, 4.69) is 182 Å². The number of anilines is 3. The van der Waals surface area contributed by atoms with Crippen LogP contribution in [0.15, 0.2) is 152 Å². The van der Waals surface area contributed by atoms with Crippen molar-refractivity contribution in [3.63, 3.8) is 0 Å². The molecule has 0 aliphatic heterocycles. The van der Waals surface area contributed by atoms with Crippen LogP contribution in [-0.2, 0) is 5.54 Å². The number of rotatable bonds is 4. The summed E-state index contributed by atoms with van der Waals surface area (Å²) in [4.78, 5) is 2.48. The first-order chi connectivity index (χ1) is 23.0. The molecule has 0 unspecified atom stereocenters.